The molecule has 1 fully saturated rings. The number of amides is 1. The molecule has 0 radical (unpaired) electrons. The average molecular weight is 248 g/mol. The van der Waals surface area contributed by atoms with E-state index in [9.17, 15) is 4.79 Å². The van der Waals surface area contributed by atoms with E-state index in [0.29, 0.717) is 6.54 Å². The molecule has 1 aliphatic rings. The first kappa shape index (κ1) is 12.9. The summed E-state index contributed by atoms with van der Waals surface area (Å²) < 4.78 is 5.18. The van der Waals surface area contributed by atoms with E-state index in [-0.39, 0.29) is 11.9 Å². The van der Waals surface area contributed by atoms with Crippen molar-refractivity contribution in [3.05, 3.63) is 29.8 Å². The lowest BCUT2D eigenvalue weighted by Crippen LogP contribution is -2.42. The summed E-state index contributed by atoms with van der Waals surface area (Å²) >= 11 is 0. The van der Waals surface area contributed by atoms with E-state index >= 15 is 0 Å². The molecule has 98 valence electrons. The Balaban J connectivity index is 1.91. The van der Waals surface area contributed by atoms with Crippen LogP contribution in [0.3, 0.4) is 0 Å². The van der Waals surface area contributed by atoms with Gasteiger partial charge in [-0.1, -0.05) is 12.1 Å². The standard InChI is InChI=1S/C14H20N2O2/c1-18-12-6-4-5-11(9-12)10-16-13-7-2-3-8-15-14(13)17/h4-6,9,13,16H,2-3,7-8,10H2,1H3,(H,15,17). The molecule has 0 saturated carbocycles. The van der Waals surface area contributed by atoms with Crippen molar-refractivity contribution in [1.29, 1.82) is 0 Å². The van der Waals surface area contributed by atoms with Crippen LogP contribution in [0.5, 0.6) is 5.75 Å². The Morgan fingerprint density at radius 1 is 1.44 bits per heavy atom. The Morgan fingerprint density at radius 2 is 2.33 bits per heavy atom. The average Bonchev–Trinajstić information content (AvgIpc) is 2.61. The molecule has 1 aromatic rings. The summed E-state index contributed by atoms with van der Waals surface area (Å²) in [5.41, 5.74) is 1.13. The molecule has 2 N–H and O–H groups in total. The van der Waals surface area contributed by atoms with Gasteiger partial charge in [0.1, 0.15) is 5.75 Å². The van der Waals surface area contributed by atoms with E-state index in [1.165, 1.54) is 0 Å². The zero-order valence-corrected chi connectivity index (χ0v) is 10.7. The largest absolute Gasteiger partial charge is 0.497 e. The third-order valence-corrected chi connectivity index (χ3v) is 3.22. The van der Waals surface area contributed by atoms with Gasteiger partial charge in [0.2, 0.25) is 5.91 Å². The smallest absolute Gasteiger partial charge is 0.237 e. The maximum atomic E-state index is 11.8. The Bertz CT molecular complexity index is 407. The third kappa shape index (κ3) is 3.47. The molecule has 0 spiro atoms. The van der Waals surface area contributed by atoms with Gasteiger partial charge in [-0.3, -0.25) is 4.79 Å². The molecule has 18 heavy (non-hydrogen) atoms. The predicted molar refractivity (Wildman–Crippen MR) is 70.5 cm³/mol. The summed E-state index contributed by atoms with van der Waals surface area (Å²) in [7, 11) is 1.66. The minimum atomic E-state index is -0.0706. The quantitative estimate of drug-likeness (QED) is 0.848. The summed E-state index contributed by atoms with van der Waals surface area (Å²) in [4.78, 5) is 11.8. The second-order valence-corrected chi connectivity index (χ2v) is 4.57. The summed E-state index contributed by atoms with van der Waals surface area (Å²) in [6.07, 6.45) is 3.08. The van der Waals surface area contributed by atoms with Crippen molar-refractivity contribution >= 4 is 5.91 Å². The van der Waals surface area contributed by atoms with Crippen LogP contribution < -0.4 is 15.4 Å². The number of rotatable bonds is 4. The summed E-state index contributed by atoms with van der Waals surface area (Å²) in [6.45, 7) is 1.49. The van der Waals surface area contributed by atoms with Crippen molar-refractivity contribution in [1.82, 2.24) is 10.6 Å². The molecule has 0 aliphatic carbocycles. The van der Waals surface area contributed by atoms with Crippen LogP contribution in [0.1, 0.15) is 24.8 Å². The van der Waals surface area contributed by atoms with E-state index in [0.717, 1.165) is 37.1 Å². The first-order chi connectivity index (χ1) is 8.79. The zero-order chi connectivity index (χ0) is 12.8. The summed E-state index contributed by atoms with van der Waals surface area (Å²) in [6, 6.07) is 7.83. The van der Waals surface area contributed by atoms with Crippen LogP contribution in [0.25, 0.3) is 0 Å². The molecular weight excluding hydrogens is 228 g/mol. The van der Waals surface area contributed by atoms with Crippen LogP contribution in [-0.2, 0) is 11.3 Å². The molecule has 1 aromatic carbocycles. The molecule has 4 heteroatoms. The van der Waals surface area contributed by atoms with Gasteiger partial charge < -0.3 is 15.4 Å². The highest BCUT2D eigenvalue weighted by molar-refractivity contribution is 5.81. The Hall–Kier alpha value is -1.55. The summed E-state index contributed by atoms with van der Waals surface area (Å²) in [5, 5.41) is 6.24. The minimum Gasteiger partial charge on any atom is -0.497 e. The lowest BCUT2D eigenvalue weighted by atomic mass is 10.1. The Morgan fingerprint density at radius 3 is 3.17 bits per heavy atom. The second-order valence-electron chi connectivity index (χ2n) is 4.57. The van der Waals surface area contributed by atoms with Gasteiger partial charge in [-0.05, 0) is 37.0 Å². The maximum Gasteiger partial charge on any atom is 0.237 e. The van der Waals surface area contributed by atoms with Crippen LogP contribution in [0.2, 0.25) is 0 Å². The van der Waals surface area contributed by atoms with Gasteiger partial charge in [-0.2, -0.15) is 0 Å². The molecular formula is C14H20N2O2. The minimum absolute atomic E-state index is 0.0706. The van der Waals surface area contributed by atoms with Gasteiger partial charge >= 0.3 is 0 Å². The normalized spacial score (nSPS) is 20.1. The molecule has 0 bridgehead atoms. The van der Waals surface area contributed by atoms with Gasteiger partial charge in [-0.25, -0.2) is 0 Å². The van der Waals surface area contributed by atoms with Crippen molar-refractivity contribution < 1.29 is 9.53 Å². The fraction of sp³-hybridized carbons (Fsp3) is 0.500. The fourth-order valence-corrected chi connectivity index (χ4v) is 2.16. The second kappa shape index (κ2) is 6.40. The number of carbonyl (C=O) groups is 1. The Labute approximate surface area is 108 Å². The highest BCUT2D eigenvalue weighted by atomic mass is 16.5. The number of nitrogens with one attached hydrogen (secondary N) is 2. The van der Waals surface area contributed by atoms with Gasteiger partial charge in [0.15, 0.2) is 0 Å². The monoisotopic (exact) mass is 248 g/mol. The lowest BCUT2D eigenvalue weighted by molar-refractivity contribution is -0.122. The highest BCUT2D eigenvalue weighted by Crippen LogP contribution is 2.13. The van der Waals surface area contributed by atoms with E-state index in [2.05, 4.69) is 10.6 Å². The molecule has 1 heterocycles. The zero-order valence-electron chi connectivity index (χ0n) is 10.7. The van der Waals surface area contributed by atoms with Gasteiger partial charge in [0, 0.05) is 13.1 Å². The van der Waals surface area contributed by atoms with Crippen molar-refractivity contribution in [2.45, 2.75) is 31.8 Å². The first-order valence-electron chi connectivity index (χ1n) is 6.43. The first-order valence-corrected chi connectivity index (χ1v) is 6.43. The molecule has 1 amide bonds. The molecule has 1 atom stereocenters. The number of benzene rings is 1. The number of ether oxygens (including phenoxy) is 1. The van der Waals surface area contributed by atoms with Crippen LogP contribution in [-0.4, -0.2) is 25.6 Å². The van der Waals surface area contributed by atoms with E-state index in [1.54, 1.807) is 7.11 Å². The van der Waals surface area contributed by atoms with Crippen molar-refractivity contribution in [2.24, 2.45) is 0 Å². The van der Waals surface area contributed by atoms with E-state index < -0.39 is 0 Å². The van der Waals surface area contributed by atoms with Crippen molar-refractivity contribution in [3.8, 4) is 5.75 Å². The van der Waals surface area contributed by atoms with Crippen molar-refractivity contribution in [2.75, 3.05) is 13.7 Å². The molecule has 1 saturated heterocycles. The van der Waals surface area contributed by atoms with Crippen molar-refractivity contribution in [3.63, 3.8) is 0 Å². The molecule has 1 unspecified atom stereocenters. The topological polar surface area (TPSA) is 50.4 Å². The molecule has 0 aromatic heterocycles. The number of methoxy groups -OCH3 is 1. The molecule has 2 rings (SSSR count). The van der Waals surface area contributed by atoms with Gasteiger partial charge in [0.05, 0.1) is 13.2 Å². The number of carbonyl (C=O) groups excluding carboxylic acids is 1. The molecule has 4 nitrogen and oxygen atoms in total. The lowest BCUT2D eigenvalue weighted by Gasteiger charge is -2.15. The fourth-order valence-electron chi connectivity index (χ4n) is 2.16. The van der Waals surface area contributed by atoms with Gasteiger partial charge in [-0.15, -0.1) is 0 Å². The van der Waals surface area contributed by atoms with Crippen LogP contribution >= 0.6 is 0 Å². The van der Waals surface area contributed by atoms with Crippen LogP contribution in [0.4, 0.5) is 0 Å². The maximum absolute atomic E-state index is 11.8. The van der Waals surface area contributed by atoms with E-state index in [1.807, 2.05) is 24.3 Å². The van der Waals surface area contributed by atoms with Crippen LogP contribution in [0.15, 0.2) is 24.3 Å². The SMILES string of the molecule is COc1cccc(CNC2CCCCNC2=O)c1. The number of hydrogen-bond acceptors (Lipinski definition) is 3. The third-order valence-electron chi connectivity index (χ3n) is 3.22. The van der Waals surface area contributed by atoms with Crippen LogP contribution in [0, 0.1) is 0 Å². The van der Waals surface area contributed by atoms with Gasteiger partial charge in [0.25, 0.3) is 0 Å². The predicted octanol–water partition coefficient (Wildman–Crippen LogP) is 1.45. The Kier molecular flexibility index (Phi) is 4.59. The highest BCUT2D eigenvalue weighted by Gasteiger charge is 2.19. The number of hydrogen-bond donors (Lipinski definition) is 2. The summed E-state index contributed by atoms with van der Waals surface area (Å²) in [5.74, 6) is 0.968. The van der Waals surface area contributed by atoms with E-state index in [4.69, 9.17) is 4.74 Å². The molecule has 1 aliphatic heterocycles.